The third kappa shape index (κ3) is 5.27. The highest BCUT2D eigenvalue weighted by atomic mass is 16.5. The Morgan fingerprint density at radius 2 is 1.11 bits per heavy atom. The number of ether oxygens (including phenoxy) is 1. The number of nitrogens with zero attached hydrogens (tertiary/aromatic N) is 2. The molecular weight excluding hydrogens is 236 g/mol. The fraction of sp³-hybridized carbons (Fsp3) is 0.125. The quantitative estimate of drug-likeness (QED) is 0.568. The molecule has 96 valence electrons. The van der Waals surface area contributed by atoms with Crippen LogP contribution in [-0.2, 0) is 4.74 Å². The van der Waals surface area contributed by atoms with Crippen molar-refractivity contribution in [2.45, 2.75) is 0 Å². The monoisotopic (exact) mass is 252 g/mol. The normalized spacial score (nSPS) is 11.4. The molecule has 0 atom stereocenters. The molecule has 0 heterocycles. The summed E-state index contributed by atoms with van der Waals surface area (Å²) >= 11 is 0. The van der Waals surface area contributed by atoms with Gasteiger partial charge in [0.05, 0.1) is 24.6 Å². The Hall–Kier alpha value is -2.26. The van der Waals surface area contributed by atoms with Crippen LogP contribution in [0.25, 0.3) is 0 Å². The van der Waals surface area contributed by atoms with Gasteiger partial charge >= 0.3 is 0 Å². The summed E-state index contributed by atoms with van der Waals surface area (Å²) in [6, 6.07) is 19.6. The van der Waals surface area contributed by atoms with Crippen molar-refractivity contribution in [3.05, 3.63) is 60.7 Å². The van der Waals surface area contributed by atoms with E-state index in [1.54, 1.807) is 12.4 Å². The SMILES string of the molecule is C(COCC=Nc1ccccc1)=Nc1ccccc1. The molecule has 0 radical (unpaired) electrons. The lowest BCUT2D eigenvalue weighted by atomic mass is 10.3. The zero-order valence-electron chi connectivity index (χ0n) is 10.6. The maximum absolute atomic E-state index is 5.38. The molecule has 0 aliphatic carbocycles. The topological polar surface area (TPSA) is 34.0 Å². The van der Waals surface area contributed by atoms with Gasteiger partial charge in [-0.3, -0.25) is 9.98 Å². The lowest BCUT2D eigenvalue weighted by molar-refractivity contribution is 0.220. The number of hydrogen-bond donors (Lipinski definition) is 0. The fourth-order valence-corrected chi connectivity index (χ4v) is 1.49. The molecule has 0 unspecified atom stereocenters. The standard InChI is InChI=1S/C16H16N2O/c1-3-7-15(8-4-1)17-11-13-19-14-12-18-16-9-5-2-6-10-16/h1-12H,13-14H2. The Morgan fingerprint density at radius 1 is 0.684 bits per heavy atom. The van der Waals surface area contributed by atoms with Gasteiger partial charge in [0.1, 0.15) is 0 Å². The molecule has 0 fully saturated rings. The molecule has 0 amide bonds. The molecule has 0 aromatic heterocycles. The van der Waals surface area contributed by atoms with E-state index in [4.69, 9.17) is 4.74 Å². The van der Waals surface area contributed by atoms with Crippen LogP contribution in [0, 0.1) is 0 Å². The van der Waals surface area contributed by atoms with Crippen LogP contribution in [0.1, 0.15) is 0 Å². The maximum Gasteiger partial charge on any atom is 0.0824 e. The van der Waals surface area contributed by atoms with E-state index in [2.05, 4.69) is 9.98 Å². The van der Waals surface area contributed by atoms with E-state index in [-0.39, 0.29) is 0 Å². The first-order valence-electron chi connectivity index (χ1n) is 6.18. The van der Waals surface area contributed by atoms with E-state index in [1.165, 1.54) is 0 Å². The van der Waals surface area contributed by atoms with Crippen molar-refractivity contribution in [3.63, 3.8) is 0 Å². The van der Waals surface area contributed by atoms with Gasteiger partial charge in [0.25, 0.3) is 0 Å². The number of para-hydroxylation sites is 2. The minimum absolute atomic E-state index is 0.482. The second kappa shape index (κ2) is 7.95. The van der Waals surface area contributed by atoms with E-state index in [0.29, 0.717) is 13.2 Å². The fourth-order valence-electron chi connectivity index (χ4n) is 1.49. The summed E-state index contributed by atoms with van der Waals surface area (Å²) in [6.07, 6.45) is 3.51. The van der Waals surface area contributed by atoms with Crippen molar-refractivity contribution >= 4 is 23.8 Å². The van der Waals surface area contributed by atoms with Crippen LogP contribution in [-0.4, -0.2) is 25.6 Å². The first kappa shape index (κ1) is 13.2. The number of benzene rings is 2. The highest BCUT2D eigenvalue weighted by Crippen LogP contribution is 2.08. The van der Waals surface area contributed by atoms with Crippen LogP contribution in [0.2, 0.25) is 0 Å². The summed E-state index contributed by atoms with van der Waals surface area (Å²) < 4.78 is 5.38. The second-order valence-corrected chi connectivity index (χ2v) is 3.83. The highest BCUT2D eigenvalue weighted by molar-refractivity contribution is 5.66. The van der Waals surface area contributed by atoms with E-state index in [9.17, 15) is 0 Å². The number of rotatable bonds is 6. The first-order valence-corrected chi connectivity index (χ1v) is 6.18. The Labute approximate surface area is 113 Å². The molecule has 19 heavy (non-hydrogen) atoms. The van der Waals surface area contributed by atoms with Crippen LogP contribution >= 0.6 is 0 Å². The summed E-state index contributed by atoms with van der Waals surface area (Å²) in [5.74, 6) is 0. The first-order chi connectivity index (χ1) is 9.45. The zero-order chi connectivity index (χ0) is 13.2. The summed E-state index contributed by atoms with van der Waals surface area (Å²) in [5.41, 5.74) is 1.87. The number of hydrogen-bond acceptors (Lipinski definition) is 3. The van der Waals surface area contributed by atoms with Gasteiger partial charge in [0, 0.05) is 12.4 Å². The van der Waals surface area contributed by atoms with Crippen LogP contribution in [0.15, 0.2) is 70.6 Å². The van der Waals surface area contributed by atoms with Gasteiger partial charge in [-0.15, -0.1) is 0 Å². The molecule has 0 N–H and O–H groups in total. The molecule has 2 rings (SSSR count). The third-order valence-corrected chi connectivity index (χ3v) is 2.38. The van der Waals surface area contributed by atoms with E-state index < -0.39 is 0 Å². The third-order valence-electron chi connectivity index (χ3n) is 2.38. The lowest BCUT2D eigenvalue weighted by Gasteiger charge is -1.95. The summed E-state index contributed by atoms with van der Waals surface area (Å²) in [4.78, 5) is 8.54. The molecule has 0 saturated carbocycles. The molecule has 0 saturated heterocycles. The Bertz CT molecular complexity index is 471. The minimum atomic E-state index is 0.482. The van der Waals surface area contributed by atoms with Gasteiger partial charge in [-0.25, -0.2) is 0 Å². The van der Waals surface area contributed by atoms with Gasteiger partial charge < -0.3 is 4.74 Å². The lowest BCUT2D eigenvalue weighted by Crippen LogP contribution is -1.98. The molecule has 3 nitrogen and oxygen atoms in total. The molecule has 2 aromatic carbocycles. The molecule has 0 bridgehead atoms. The second-order valence-electron chi connectivity index (χ2n) is 3.83. The minimum Gasteiger partial charge on any atom is -0.370 e. The van der Waals surface area contributed by atoms with Crippen LogP contribution in [0.5, 0.6) is 0 Å². The average molecular weight is 252 g/mol. The predicted octanol–water partition coefficient (Wildman–Crippen LogP) is 3.81. The Balaban J connectivity index is 1.65. The molecule has 0 aliphatic rings. The summed E-state index contributed by atoms with van der Waals surface area (Å²) in [7, 11) is 0. The van der Waals surface area contributed by atoms with Crippen molar-refractivity contribution in [2.24, 2.45) is 9.98 Å². The Morgan fingerprint density at radius 3 is 1.53 bits per heavy atom. The van der Waals surface area contributed by atoms with Gasteiger partial charge in [-0.1, -0.05) is 36.4 Å². The zero-order valence-corrected chi connectivity index (χ0v) is 10.6. The molecule has 3 heteroatoms. The largest absolute Gasteiger partial charge is 0.370 e. The van der Waals surface area contributed by atoms with Gasteiger partial charge in [0.15, 0.2) is 0 Å². The van der Waals surface area contributed by atoms with Crippen molar-refractivity contribution in [1.29, 1.82) is 0 Å². The van der Waals surface area contributed by atoms with Gasteiger partial charge in [0.2, 0.25) is 0 Å². The number of aliphatic imine (C=N–C) groups is 2. The molecule has 0 spiro atoms. The summed E-state index contributed by atoms with van der Waals surface area (Å²) in [5, 5.41) is 0. The van der Waals surface area contributed by atoms with Gasteiger partial charge in [-0.2, -0.15) is 0 Å². The molecule has 2 aromatic rings. The average Bonchev–Trinajstić information content (AvgIpc) is 2.48. The van der Waals surface area contributed by atoms with Crippen LogP contribution in [0.3, 0.4) is 0 Å². The van der Waals surface area contributed by atoms with Crippen molar-refractivity contribution in [3.8, 4) is 0 Å². The van der Waals surface area contributed by atoms with E-state index in [1.807, 2.05) is 60.7 Å². The maximum atomic E-state index is 5.38. The van der Waals surface area contributed by atoms with Crippen molar-refractivity contribution in [2.75, 3.05) is 13.2 Å². The molecular formula is C16H16N2O. The Kier molecular flexibility index (Phi) is 5.51. The predicted molar refractivity (Wildman–Crippen MR) is 80.0 cm³/mol. The molecule has 0 aliphatic heterocycles. The van der Waals surface area contributed by atoms with E-state index in [0.717, 1.165) is 11.4 Å². The van der Waals surface area contributed by atoms with Gasteiger partial charge in [-0.05, 0) is 24.3 Å². The smallest absolute Gasteiger partial charge is 0.0824 e. The van der Waals surface area contributed by atoms with Crippen LogP contribution < -0.4 is 0 Å². The van der Waals surface area contributed by atoms with Crippen molar-refractivity contribution < 1.29 is 4.74 Å². The summed E-state index contributed by atoms with van der Waals surface area (Å²) in [6.45, 7) is 0.964. The van der Waals surface area contributed by atoms with Crippen LogP contribution in [0.4, 0.5) is 11.4 Å². The highest BCUT2D eigenvalue weighted by Gasteiger charge is 1.85. The van der Waals surface area contributed by atoms with E-state index >= 15 is 0 Å². The van der Waals surface area contributed by atoms with Crippen molar-refractivity contribution in [1.82, 2.24) is 0 Å².